The molecule has 8 heteroatoms. The van der Waals surface area contributed by atoms with Crippen molar-refractivity contribution in [3.63, 3.8) is 0 Å². The summed E-state index contributed by atoms with van der Waals surface area (Å²) in [5.74, 6) is -0.597. The number of hydrazine groups is 1. The van der Waals surface area contributed by atoms with Crippen molar-refractivity contribution in [3.8, 4) is 0 Å². The molecule has 4 N–H and O–H groups in total. The number of carbonyl (C=O) groups excluding carboxylic acids is 1. The lowest BCUT2D eigenvalue weighted by Crippen LogP contribution is -2.41. The van der Waals surface area contributed by atoms with E-state index in [4.69, 9.17) is 10.2 Å². The smallest absolute Gasteiger partial charge is 0.266 e. The van der Waals surface area contributed by atoms with Crippen LogP contribution in [0.25, 0.3) is 21.9 Å². The summed E-state index contributed by atoms with van der Waals surface area (Å²) in [6.07, 6.45) is 0. The van der Waals surface area contributed by atoms with Gasteiger partial charge >= 0.3 is 0 Å². The Kier molecular flexibility index (Phi) is 4.06. The van der Waals surface area contributed by atoms with Crippen LogP contribution in [0.15, 0.2) is 76.0 Å². The van der Waals surface area contributed by atoms with Crippen LogP contribution >= 0.6 is 0 Å². The van der Waals surface area contributed by atoms with Gasteiger partial charge in [0.05, 0.1) is 5.69 Å². The van der Waals surface area contributed by atoms with Crippen molar-refractivity contribution in [2.75, 3.05) is 5.73 Å². The number of fused-ring (bicyclic) bond motifs is 3. The molecule has 4 rings (SSSR count). The lowest BCUT2D eigenvalue weighted by atomic mass is 10.1. The maximum atomic E-state index is 12.4. The molecular weight excluding hydrogens is 366 g/mol. The molecule has 0 radical (unpaired) electrons. The van der Waals surface area contributed by atoms with Crippen LogP contribution in [-0.2, 0) is 10.0 Å². The second kappa shape index (κ2) is 6.42. The predicted octanol–water partition coefficient (Wildman–Crippen LogP) is 2.79. The zero-order valence-corrected chi connectivity index (χ0v) is 14.8. The third kappa shape index (κ3) is 3.12. The number of nitrogen functional groups attached to an aromatic ring is 1. The molecule has 0 aliphatic heterocycles. The molecule has 0 unspecified atom stereocenters. The Morgan fingerprint density at radius 2 is 1.59 bits per heavy atom. The number of hydrogen-bond acceptors (Lipinski definition) is 5. The van der Waals surface area contributed by atoms with Gasteiger partial charge in [0.25, 0.3) is 15.9 Å². The fraction of sp³-hybridized carbons (Fsp3) is 0. The number of carbonyl (C=O) groups is 1. The van der Waals surface area contributed by atoms with Gasteiger partial charge in [-0.3, -0.25) is 10.2 Å². The molecule has 1 heterocycles. The summed E-state index contributed by atoms with van der Waals surface area (Å²) in [6.45, 7) is 0. The Bertz CT molecular complexity index is 1280. The van der Waals surface area contributed by atoms with Crippen LogP contribution in [0.1, 0.15) is 10.4 Å². The summed E-state index contributed by atoms with van der Waals surface area (Å²) in [7, 11) is -3.99. The van der Waals surface area contributed by atoms with E-state index in [1.807, 2.05) is 24.3 Å². The van der Waals surface area contributed by atoms with E-state index in [2.05, 4.69) is 10.3 Å². The molecule has 1 amide bonds. The van der Waals surface area contributed by atoms with Gasteiger partial charge in [-0.1, -0.05) is 30.3 Å². The monoisotopic (exact) mass is 381 g/mol. The second-order valence-corrected chi connectivity index (χ2v) is 7.56. The van der Waals surface area contributed by atoms with Crippen LogP contribution in [0.5, 0.6) is 0 Å². The first-order chi connectivity index (χ1) is 13.0. The molecule has 0 aliphatic carbocycles. The van der Waals surface area contributed by atoms with Crippen molar-refractivity contribution >= 4 is 43.6 Å². The molecule has 0 fully saturated rings. The Morgan fingerprint density at radius 3 is 2.41 bits per heavy atom. The molecular formula is C19H15N3O4S. The molecule has 0 saturated heterocycles. The van der Waals surface area contributed by atoms with Crippen molar-refractivity contribution in [1.29, 1.82) is 0 Å². The highest BCUT2D eigenvalue weighted by Gasteiger charge is 2.18. The fourth-order valence-electron chi connectivity index (χ4n) is 2.83. The maximum absolute atomic E-state index is 12.4. The number of benzene rings is 3. The average Bonchev–Trinajstić information content (AvgIpc) is 3.04. The van der Waals surface area contributed by atoms with Crippen molar-refractivity contribution < 1.29 is 17.6 Å². The van der Waals surface area contributed by atoms with Crippen molar-refractivity contribution in [2.45, 2.75) is 4.90 Å². The van der Waals surface area contributed by atoms with Gasteiger partial charge in [0.1, 0.15) is 16.1 Å². The highest BCUT2D eigenvalue weighted by atomic mass is 32.2. The number of furan rings is 1. The predicted molar refractivity (Wildman–Crippen MR) is 102 cm³/mol. The molecule has 0 saturated carbocycles. The number of para-hydroxylation sites is 2. The lowest BCUT2D eigenvalue weighted by Gasteiger charge is -2.10. The van der Waals surface area contributed by atoms with Crippen molar-refractivity contribution in [3.05, 3.63) is 72.3 Å². The van der Waals surface area contributed by atoms with Gasteiger partial charge in [0.15, 0.2) is 0 Å². The number of sulfonamides is 1. The number of amides is 1. The van der Waals surface area contributed by atoms with E-state index in [-0.39, 0.29) is 16.1 Å². The zero-order chi connectivity index (χ0) is 19.0. The van der Waals surface area contributed by atoms with E-state index in [1.165, 1.54) is 12.1 Å². The highest BCUT2D eigenvalue weighted by Crippen LogP contribution is 2.29. The molecule has 1 aromatic heterocycles. The molecule has 136 valence electrons. The number of hydrogen-bond donors (Lipinski definition) is 3. The van der Waals surface area contributed by atoms with Gasteiger partial charge in [-0.25, -0.2) is 8.42 Å². The summed E-state index contributed by atoms with van der Waals surface area (Å²) in [5, 5.41) is 1.65. The van der Waals surface area contributed by atoms with E-state index in [0.717, 1.165) is 10.8 Å². The normalized spacial score (nSPS) is 11.7. The molecule has 0 bridgehead atoms. The van der Waals surface area contributed by atoms with E-state index in [9.17, 15) is 13.2 Å². The minimum Gasteiger partial charge on any atom is -0.456 e. The van der Waals surface area contributed by atoms with Crippen molar-refractivity contribution in [2.24, 2.45) is 0 Å². The number of anilines is 1. The first kappa shape index (κ1) is 17.1. The first-order valence-electron chi connectivity index (χ1n) is 8.04. The molecule has 4 aromatic rings. The number of nitrogens with one attached hydrogen (secondary N) is 2. The quantitative estimate of drug-likeness (QED) is 0.371. The highest BCUT2D eigenvalue weighted by molar-refractivity contribution is 7.89. The van der Waals surface area contributed by atoms with Crippen LogP contribution in [-0.4, -0.2) is 14.3 Å². The average molecular weight is 381 g/mol. The minimum absolute atomic E-state index is 0.0885. The van der Waals surface area contributed by atoms with Crippen LogP contribution in [0.4, 0.5) is 5.69 Å². The third-order valence-electron chi connectivity index (χ3n) is 4.15. The van der Waals surface area contributed by atoms with Gasteiger partial charge in [-0.15, -0.1) is 4.83 Å². The van der Waals surface area contributed by atoms with E-state index < -0.39 is 15.9 Å². The maximum Gasteiger partial charge on any atom is 0.266 e. The van der Waals surface area contributed by atoms with Crippen LogP contribution in [0.3, 0.4) is 0 Å². The Balaban J connectivity index is 1.60. The largest absolute Gasteiger partial charge is 0.456 e. The first-order valence-corrected chi connectivity index (χ1v) is 9.52. The van der Waals surface area contributed by atoms with E-state index in [1.54, 1.807) is 30.3 Å². The fourth-order valence-corrected chi connectivity index (χ4v) is 3.81. The Labute approximate surface area is 154 Å². The number of rotatable bonds is 4. The summed E-state index contributed by atoms with van der Waals surface area (Å²) in [6, 6.07) is 18.4. The number of nitrogens with two attached hydrogens (primary N) is 1. The van der Waals surface area contributed by atoms with Gasteiger partial charge in [-0.2, -0.15) is 0 Å². The summed E-state index contributed by atoms with van der Waals surface area (Å²) < 4.78 is 30.3. The zero-order valence-electron chi connectivity index (χ0n) is 14.0. The van der Waals surface area contributed by atoms with Gasteiger partial charge < -0.3 is 10.2 Å². The molecule has 0 aliphatic rings. The van der Waals surface area contributed by atoms with Crippen LogP contribution in [0.2, 0.25) is 0 Å². The van der Waals surface area contributed by atoms with Crippen LogP contribution < -0.4 is 16.0 Å². The minimum atomic E-state index is -3.99. The van der Waals surface area contributed by atoms with Gasteiger partial charge in [-0.05, 0) is 36.4 Å². The standard InChI is InChI=1S/C19H15N3O4S/c20-15-6-2-4-8-18(15)27(24,25)22-21-19(23)12-9-10-17-14(11-12)13-5-1-3-7-16(13)26-17/h1-11,22H,20H2,(H,21,23). The molecule has 27 heavy (non-hydrogen) atoms. The topological polar surface area (TPSA) is 114 Å². The van der Waals surface area contributed by atoms with Crippen LogP contribution in [0, 0.1) is 0 Å². The van der Waals surface area contributed by atoms with Gasteiger partial charge in [0.2, 0.25) is 0 Å². The van der Waals surface area contributed by atoms with Gasteiger partial charge in [0, 0.05) is 16.3 Å². The molecule has 7 nitrogen and oxygen atoms in total. The van der Waals surface area contributed by atoms with E-state index in [0.29, 0.717) is 11.2 Å². The summed E-state index contributed by atoms with van der Waals surface area (Å²) in [5.41, 5.74) is 9.63. The Hall–Kier alpha value is -3.36. The SMILES string of the molecule is Nc1ccccc1S(=O)(=O)NNC(=O)c1ccc2oc3ccccc3c2c1. The molecule has 0 spiro atoms. The summed E-state index contributed by atoms with van der Waals surface area (Å²) >= 11 is 0. The molecule has 3 aromatic carbocycles. The lowest BCUT2D eigenvalue weighted by molar-refractivity contribution is 0.0945. The third-order valence-corrected chi connectivity index (χ3v) is 5.47. The Morgan fingerprint density at radius 1 is 0.889 bits per heavy atom. The molecule has 0 atom stereocenters. The van der Waals surface area contributed by atoms with E-state index >= 15 is 0 Å². The second-order valence-electron chi connectivity index (χ2n) is 5.91. The van der Waals surface area contributed by atoms with Crippen molar-refractivity contribution in [1.82, 2.24) is 10.3 Å². The summed E-state index contributed by atoms with van der Waals surface area (Å²) in [4.78, 5) is 14.4.